The summed E-state index contributed by atoms with van der Waals surface area (Å²) in [5, 5.41) is 0. The van der Waals surface area contributed by atoms with Crippen molar-refractivity contribution in [3.05, 3.63) is 0 Å². The second-order valence-electron chi connectivity index (χ2n) is 3.68. The molecule has 2 N–H and O–H groups in total. The van der Waals surface area contributed by atoms with Crippen LogP contribution in [-0.4, -0.2) is 30.4 Å². The van der Waals surface area contributed by atoms with Gasteiger partial charge in [0.2, 0.25) is 5.91 Å². The second kappa shape index (κ2) is 3.90. The standard InChI is InChI=1S/C9H18N2O/c1-3-8(10)9(12)11(2)6-7-4-5-7/h7-8H,3-6,10H2,1-2H3/t8-/m0/s1. The number of hydrogen-bond donors (Lipinski definition) is 1. The van der Waals surface area contributed by atoms with Gasteiger partial charge in [-0.3, -0.25) is 4.79 Å². The number of likely N-dealkylation sites (N-methyl/N-ethyl adjacent to an activating group) is 1. The summed E-state index contributed by atoms with van der Waals surface area (Å²) in [4.78, 5) is 13.2. The lowest BCUT2D eigenvalue weighted by Gasteiger charge is -2.20. The van der Waals surface area contributed by atoms with E-state index in [1.54, 1.807) is 4.90 Å². The van der Waals surface area contributed by atoms with Gasteiger partial charge < -0.3 is 10.6 Å². The van der Waals surface area contributed by atoms with Crippen molar-refractivity contribution < 1.29 is 4.79 Å². The van der Waals surface area contributed by atoms with E-state index in [-0.39, 0.29) is 11.9 Å². The maximum atomic E-state index is 11.4. The third-order valence-corrected chi connectivity index (χ3v) is 2.36. The van der Waals surface area contributed by atoms with Crippen molar-refractivity contribution in [1.29, 1.82) is 0 Å². The Morgan fingerprint density at radius 2 is 2.25 bits per heavy atom. The van der Waals surface area contributed by atoms with Gasteiger partial charge in [-0.1, -0.05) is 6.92 Å². The highest BCUT2D eigenvalue weighted by molar-refractivity contribution is 5.81. The molecule has 1 saturated carbocycles. The van der Waals surface area contributed by atoms with Gasteiger partial charge in [0.25, 0.3) is 0 Å². The van der Waals surface area contributed by atoms with Crippen molar-refractivity contribution >= 4 is 5.91 Å². The summed E-state index contributed by atoms with van der Waals surface area (Å²) in [5.74, 6) is 0.840. The maximum Gasteiger partial charge on any atom is 0.239 e. The van der Waals surface area contributed by atoms with E-state index in [0.717, 1.165) is 18.9 Å². The molecule has 1 amide bonds. The Hall–Kier alpha value is -0.570. The van der Waals surface area contributed by atoms with E-state index in [2.05, 4.69) is 0 Å². The SMILES string of the molecule is CC[C@H](N)C(=O)N(C)CC1CC1. The molecule has 0 unspecified atom stereocenters. The van der Waals surface area contributed by atoms with Gasteiger partial charge in [-0.15, -0.1) is 0 Å². The van der Waals surface area contributed by atoms with Gasteiger partial charge in [-0.25, -0.2) is 0 Å². The Kier molecular flexibility index (Phi) is 3.09. The van der Waals surface area contributed by atoms with Crippen molar-refractivity contribution in [3.63, 3.8) is 0 Å². The smallest absolute Gasteiger partial charge is 0.239 e. The molecule has 0 saturated heterocycles. The molecular weight excluding hydrogens is 152 g/mol. The van der Waals surface area contributed by atoms with Crippen molar-refractivity contribution in [2.75, 3.05) is 13.6 Å². The van der Waals surface area contributed by atoms with Crippen LogP contribution in [0.4, 0.5) is 0 Å². The summed E-state index contributed by atoms with van der Waals surface area (Å²) >= 11 is 0. The van der Waals surface area contributed by atoms with Crippen LogP contribution in [0, 0.1) is 5.92 Å². The van der Waals surface area contributed by atoms with E-state index in [1.165, 1.54) is 12.8 Å². The Balaban J connectivity index is 2.28. The highest BCUT2D eigenvalue weighted by atomic mass is 16.2. The minimum Gasteiger partial charge on any atom is -0.344 e. The van der Waals surface area contributed by atoms with Crippen LogP contribution in [0.3, 0.4) is 0 Å². The molecule has 70 valence electrons. The predicted octanol–water partition coefficient (Wildman–Crippen LogP) is 0.592. The maximum absolute atomic E-state index is 11.4. The fourth-order valence-corrected chi connectivity index (χ4v) is 1.24. The molecule has 0 aromatic carbocycles. The van der Waals surface area contributed by atoms with Crippen LogP contribution in [0.5, 0.6) is 0 Å². The van der Waals surface area contributed by atoms with E-state index >= 15 is 0 Å². The molecule has 0 bridgehead atoms. The van der Waals surface area contributed by atoms with Crippen LogP contribution >= 0.6 is 0 Å². The quantitative estimate of drug-likeness (QED) is 0.671. The predicted molar refractivity (Wildman–Crippen MR) is 48.6 cm³/mol. The van der Waals surface area contributed by atoms with Gasteiger partial charge in [0, 0.05) is 13.6 Å². The minimum atomic E-state index is -0.297. The van der Waals surface area contributed by atoms with E-state index in [4.69, 9.17) is 5.73 Å². The lowest BCUT2D eigenvalue weighted by atomic mass is 10.2. The summed E-state index contributed by atoms with van der Waals surface area (Å²) in [5.41, 5.74) is 5.62. The molecule has 0 radical (unpaired) electrons. The van der Waals surface area contributed by atoms with Crippen LogP contribution in [0.1, 0.15) is 26.2 Å². The molecular formula is C9H18N2O. The van der Waals surface area contributed by atoms with Crippen molar-refractivity contribution in [2.45, 2.75) is 32.2 Å². The number of nitrogens with two attached hydrogens (primary N) is 1. The number of nitrogens with zero attached hydrogens (tertiary/aromatic N) is 1. The van der Waals surface area contributed by atoms with Crippen molar-refractivity contribution in [1.82, 2.24) is 4.90 Å². The second-order valence-corrected chi connectivity index (χ2v) is 3.68. The topological polar surface area (TPSA) is 46.3 Å². The summed E-state index contributed by atoms with van der Waals surface area (Å²) in [6, 6.07) is -0.297. The molecule has 3 heteroatoms. The number of carbonyl (C=O) groups is 1. The Bertz CT molecular complexity index is 166. The van der Waals surface area contributed by atoms with E-state index in [9.17, 15) is 4.79 Å². The minimum absolute atomic E-state index is 0.0874. The monoisotopic (exact) mass is 170 g/mol. The molecule has 0 heterocycles. The van der Waals surface area contributed by atoms with Crippen molar-refractivity contribution in [2.24, 2.45) is 11.7 Å². The molecule has 1 aliphatic rings. The van der Waals surface area contributed by atoms with Crippen LogP contribution < -0.4 is 5.73 Å². The first kappa shape index (κ1) is 9.52. The molecule has 0 aromatic rings. The number of hydrogen-bond acceptors (Lipinski definition) is 2. The molecule has 1 fully saturated rings. The van der Waals surface area contributed by atoms with Crippen LogP contribution in [-0.2, 0) is 4.79 Å². The average molecular weight is 170 g/mol. The fourth-order valence-electron chi connectivity index (χ4n) is 1.24. The summed E-state index contributed by atoms with van der Waals surface area (Å²) in [6.45, 7) is 2.83. The zero-order chi connectivity index (χ0) is 9.14. The Morgan fingerprint density at radius 3 is 2.67 bits per heavy atom. The molecule has 12 heavy (non-hydrogen) atoms. The number of carbonyl (C=O) groups excluding carboxylic acids is 1. The molecule has 1 rings (SSSR count). The normalized spacial score (nSPS) is 18.9. The molecule has 0 spiro atoms. The molecule has 3 nitrogen and oxygen atoms in total. The van der Waals surface area contributed by atoms with E-state index in [1.807, 2.05) is 14.0 Å². The third-order valence-electron chi connectivity index (χ3n) is 2.36. The van der Waals surface area contributed by atoms with Gasteiger partial charge in [-0.2, -0.15) is 0 Å². The summed E-state index contributed by atoms with van der Waals surface area (Å²) in [7, 11) is 1.84. The summed E-state index contributed by atoms with van der Waals surface area (Å²) in [6.07, 6.45) is 3.28. The van der Waals surface area contributed by atoms with Gasteiger partial charge in [-0.05, 0) is 25.2 Å². The molecule has 0 aliphatic heterocycles. The first-order chi connectivity index (χ1) is 5.65. The largest absolute Gasteiger partial charge is 0.344 e. The number of rotatable bonds is 4. The molecule has 1 aliphatic carbocycles. The van der Waals surface area contributed by atoms with Gasteiger partial charge >= 0.3 is 0 Å². The average Bonchev–Trinajstić information content (AvgIpc) is 2.85. The van der Waals surface area contributed by atoms with E-state index in [0.29, 0.717) is 0 Å². The number of amides is 1. The Labute approximate surface area is 73.9 Å². The Morgan fingerprint density at radius 1 is 1.67 bits per heavy atom. The van der Waals surface area contributed by atoms with Crippen molar-refractivity contribution in [3.8, 4) is 0 Å². The van der Waals surface area contributed by atoms with E-state index < -0.39 is 0 Å². The first-order valence-corrected chi connectivity index (χ1v) is 4.65. The molecule has 0 aromatic heterocycles. The van der Waals surface area contributed by atoms with Crippen LogP contribution in [0.2, 0.25) is 0 Å². The highest BCUT2D eigenvalue weighted by Crippen LogP contribution is 2.29. The summed E-state index contributed by atoms with van der Waals surface area (Å²) < 4.78 is 0. The highest BCUT2D eigenvalue weighted by Gasteiger charge is 2.26. The van der Waals surface area contributed by atoms with Crippen LogP contribution in [0.25, 0.3) is 0 Å². The molecule has 1 atom stereocenters. The van der Waals surface area contributed by atoms with Gasteiger partial charge in [0.1, 0.15) is 0 Å². The third kappa shape index (κ3) is 2.48. The fraction of sp³-hybridized carbons (Fsp3) is 0.889. The lowest BCUT2D eigenvalue weighted by Crippen LogP contribution is -2.42. The van der Waals surface area contributed by atoms with Gasteiger partial charge in [0.05, 0.1) is 6.04 Å². The van der Waals surface area contributed by atoms with Gasteiger partial charge in [0.15, 0.2) is 0 Å². The lowest BCUT2D eigenvalue weighted by molar-refractivity contribution is -0.131. The zero-order valence-electron chi connectivity index (χ0n) is 7.92. The zero-order valence-corrected chi connectivity index (χ0v) is 7.92. The first-order valence-electron chi connectivity index (χ1n) is 4.65. The van der Waals surface area contributed by atoms with Crippen LogP contribution in [0.15, 0.2) is 0 Å².